The lowest BCUT2D eigenvalue weighted by molar-refractivity contribution is 0.668. The van der Waals surface area contributed by atoms with Crippen LogP contribution < -0.4 is 0 Å². The first kappa shape index (κ1) is 30.3. The molecule has 0 fully saturated rings. The molecule has 0 bridgehead atoms. The molecule has 0 unspecified atom stereocenters. The van der Waals surface area contributed by atoms with Gasteiger partial charge in [0.1, 0.15) is 22.3 Å². The van der Waals surface area contributed by atoms with Crippen molar-refractivity contribution in [2.45, 2.75) is 0 Å². The van der Waals surface area contributed by atoms with E-state index in [1.807, 2.05) is 42.5 Å². The summed E-state index contributed by atoms with van der Waals surface area (Å²) in [7, 11) is 0. The largest absolute Gasteiger partial charge is 0.456 e. The van der Waals surface area contributed by atoms with Crippen molar-refractivity contribution in [3.8, 4) is 56.2 Å². The summed E-state index contributed by atoms with van der Waals surface area (Å²) < 4.78 is 12.4. The Kier molecular flexibility index (Phi) is 6.82. The minimum absolute atomic E-state index is 0.681. The number of hydrogen-bond donors (Lipinski definition) is 0. The maximum Gasteiger partial charge on any atom is 0.160 e. The number of hydrogen-bond acceptors (Lipinski definition) is 4. The maximum absolute atomic E-state index is 6.21. The van der Waals surface area contributed by atoms with Crippen molar-refractivity contribution in [1.29, 1.82) is 0 Å². The van der Waals surface area contributed by atoms with Crippen LogP contribution in [0.3, 0.4) is 0 Å². The fourth-order valence-corrected chi connectivity index (χ4v) is 7.73. The van der Waals surface area contributed by atoms with Crippen LogP contribution in [0.15, 0.2) is 191 Å². The normalized spacial score (nSPS) is 11.7. The first-order valence-corrected chi connectivity index (χ1v) is 18.1. The lowest BCUT2D eigenvalue weighted by Crippen LogP contribution is -1.96. The van der Waals surface area contributed by atoms with Gasteiger partial charge in [0.05, 0.1) is 11.4 Å². The number of nitrogens with zero attached hydrogens (tertiary/aromatic N) is 2. The number of rotatable bonds is 5. The molecule has 11 rings (SSSR count). The average molecular weight is 691 g/mol. The van der Waals surface area contributed by atoms with Gasteiger partial charge in [0, 0.05) is 38.2 Å². The first-order chi connectivity index (χ1) is 26.7. The second-order valence-electron chi connectivity index (χ2n) is 13.8. The van der Waals surface area contributed by atoms with E-state index in [0.717, 1.165) is 94.2 Å². The second kappa shape index (κ2) is 12.1. The molecule has 4 nitrogen and oxygen atoms in total. The summed E-state index contributed by atoms with van der Waals surface area (Å²) in [6.07, 6.45) is 0. The van der Waals surface area contributed by atoms with E-state index in [1.54, 1.807) is 0 Å². The van der Waals surface area contributed by atoms with Crippen LogP contribution in [0.4, 0.5) is 0 Å². The Labute approximate surface area is 310 Å². The maximum atomic E-state index is 6.21. The van der Waals surface area contributed by atoms with Crippen molar-refractivity contribution in [3.05, 3.63) is 182 Å². The van der Waals surface area contributed by atoms with Crippen LogP contribution >= 0.6 is 0 Å². The molecule has 0 atom stereocenters. The van der Waals surface area contributed by atoms with Crippen LogP contribution in [-0.4, -0.2) is 9.97 Å². The zero-order valence-corrected chi connectivity index (χ0v) is 29.0. The molecule has 0 aliphatic carbocycles. The van der Waals surface area contributed by atoms with Crippen molar-refractivity contribution in [2.75, 3.05) is 0 Å². The molecule has 0 aliphatic rings. The Morgan fingerprint density at radius 3 is 1.43 bits per heavy atom. The van der Waals surface area contributed by atoms with Gasteiger partial charge in [-0.15, -0.1) is 0 Å². The molecule has 54 heavy (non-hydrogen) atoms. The Bertz CT molecular complexity index is 3100. The van der Waals surface area contributed by atoms with E-state index < -0.39 is 0 Å². The third-order valence-corrected chi connectivity index (χ3v) is 10.5. The molecule has 0 amide bonds. The van der Waals surface area contributed by atoms with Gasteiger partial charge >= 0.3 is 0 Å². The molecule has 3 aromatic heterocycles. The molecule has 252 valence electrons. The summed E-state index contributed by atoms with van der Waals surface area (Å²) in [6, 6.07) is 63.5. The van der Waals surface area contributed by atoms with Gasteiger partial charge in [-0.25, -0.2) is 9.97 Å². The SMILES string of the molecule is c1ccc(-c2nc(-c3cc(-c4ccc5oc6ccccc6c5c4)cc(-c4ccc5oc6ccccc6c5c4)c3)cc(-c3ccc4ccccc4c3)n2)cc1. The Hall–Kier alpha value is -7.30. The molecule has 3 heterocycles. The van der Waals surface area contributed by atoms with E-state index >= 15 is 0 Å². The number of benzene rings is 8. The second-order valence-corrected chi connectivity index (χ2v) is 13.8. The van der Waals surface area contributed by atoms with E-state index in [0.29, 0.717) is 5.82 Å². The van der Waals surface area contributed by atoms with Crippen LogP contribution in [0, 0.1) is 0 Å². The van der Waals surface area contributed by atoms with Crippen LogP contribution in [0.5, 0.6) is 0 Å². The van der Waals surface area contributed by atoms with Gasteiger partial charge in [0.25, 0.3) is 0 Å². The number of fused-ring (bicyclic) bond motifs is 7. The van der Waals surface area contributed by atoms with E-state index in [-0.39, 0.29) is 0 Å². The van der Waals surface area contributed by atoms with Gasteiger partial charge in [-0.1, -0.05) is 115 Å². The topological polar surface area (TPSA) is 52.1 Å². The molecule has 0 saturated heterocycles. The van der Waals surface area contributed by atoms with Crippen LogP contribution in [0.1, 0.15) is 0 Å². The van der Waals surface area contributed by atoms with Crippen molar-refractivity contribution < 1.29 is 8.83 Å². The predicted octanol–water partition coefficient (Wildman–Crippen LogP) is 13.8. The monoisotopic (exact) mass is 690 g/mol. The van der Waals surface area contributed by atoms with Crippen molar-refractivity contribution >= 4 is 54.6 Å². The van der Waals surface area contributed by atoms with Gasteiger partial charge < -0.3 is 8.83 Å². The van der Waals surface area contributed by atoms with Gasteiger partial charge in [0.15, 0.2) is 5.82 Å². The van der Waals surface area contributed by atoms with Crippen molar-refractivity contribution in [1.82, 2.24) is 9.97 Å². The van der Waals surface area contributed by atoms with Gasteiger partial charge in [-0.05, 0) is 99.8 Å². The summed E-state index contributed by atoms with van der Waals surface area (Å²) in [6.45, 7) is 0. The average Bonchev–Trinajstić information content (AvgIpc) is 3.81. The molecule has 8 aromatic carbocycles. The van der Waals surface area contributed by atoms with E-state index in [2.05, 4.69) is 140 Å². The lowest BCUT2D eigenvalue weighted by Gasteiger charge is -2.14. The summed E-state index contributed by atoms with van der Waals surface area (Å²) in [5, 5.41) is 6.75. The molecular weight excluding hydrogens is 661 g/mol. The van der Waals surface area contributed by atoms with E-state index in [4.69, 9.17) is 18.8 Å². The molecule has 0 N–H and O–H groups in total. The summed E-state index contributed by atoms with van der Waals surface area (Å²) >= 11 is 0. The van der Waals surface area contributed by atoms with Gasteiger partial charge in [0.2, 0.25) is 0 Å². The Morgan fingerprint density at radius 2 is 0.778 bits per heavy atom. The third kappa shape index (κ3) is 5.15. The zero-order valence-electron chi connectivity index (χ0n) is 29.0. The fourth-order valence-electron chi connectivity index (χ4n) is 7.73. The molecule has 0 radical (unpaired) electrons. The molecule has 11 aromatic rings. The highest BCUT2D eigenvalue weighted by Crippen LogP contribution is 2.39. The van der Waals surface area contributed by atoms with Crippen LogP contribution in [0.25, 0.3) is 111 Å². The van der Waals surface area contributed by atoms with E-state index in [9.17, 15) is 0 Å². The van der Waals surface area contributed by atoms with Crippen LogP contribution in [-0.2, 0) is 0 Å². The number of para-hydroxylation sites is 2. The van der Waals surface area contributed by atoms with Gasteiger partial charge in [-0.3, -0.25) is 0 Å². The minimum Gasteiger partial charge on any atom is -0.456 e. The standard InChI is InChI=1S/C50H30N2O2/c1-2-11-32(12-3-1)50-51-44(36-19-18-31-10-4-5-13-33(31)24-36)30-45(52-50)39-26-37(34-20-22-48-42(28-34)40-14-6-8-16-46(40)53-48)25-38(27-39)35-21-23-49-43(29-35)41-15-7-9-17-47(41)54-49/h1-30H. The quantitative estimate of drug-likeness (QED) is 0.180. The highest BCUT2D eigenvalue weighted by atomic mass is 16.3. The van der Waals surface area contributed by atoms with Crippen molar-refractivity contribution in [2.24, 2.45) is 0 Å². The highest BCUT2D eigenvalue weighted by molar-refractivity contribution is 6.07. The molecule has 0 saturated carbocycles. The third-order valence-electron chi connectivity index (χ3n) is 10.5. The van der Waals surface area contributed by atoms with E-state index in [1.165, 1.54) is 10.8 Å². The lowest BCUT2D eigenvalue weighted by atomic mass is 9.93. The smallest absolute Gasteiger partial charge is 0.160 e. The Balaban J connectivity index is 1.15. The zero-order chi connectivity index (χ0) is 35.6. The summed E-state index contributed by atoms with van der Waals surface area (Å²) in [5.74, 6) is 0.681. The van der Waals surface area contributed by atoms with Gasteiger partial charge in [-0.2, -0.15) is 0 Å². The van der Waals surface area contributed by atoms with Crippen LogP contribution in [0.2, 0.25) is 0 Å². The summed E-state index contributed by atoms with van der Waals surface area (Å²) in [4.78, 5) is 10.4. The Morgan fingerprint density at radius 1 is 0.278 bits per heavy atom. The molecular formula is C50H30N2O2. The minimum atomic E-state index is 0.681. The molecule has 4 heteroatoms. The van der Waals surface area contributed by atoms with Crippen molar-refractivity contribution in [3.63, 3.8) is 0 Å². The molecule has 0 spiro atoms. The highest BCUT2D eigenvalue weighted by Gasteiger charge is 2.16. The predicted molar refractivity (Wildman–Crippen MR) is 221 cm³/mol. The number of aromatic nitrogens is 2. The summed E-state index contributed by atoms with van der Waals surface area (Å²) in [5.41, 5.74) is 12.6. The molecule has 0 aliphatic heterocycles. The first-order valence-electron chi connectivity index (χ1n) is 18.1. The number of furan rings is 2. The fraction of sp³-hybridized carbons (Fsp3) is 0.